The van der Waals surface area contributed by atoms with Crippen molar-refractivity contribution in [2.24, 2.45) is 0 Å². The molecule has 0 aromatic heterocycles. The van der Waals surface area contributed by atoms with Crippen molar-refractivity contribution in [3.63, 3.8) is 0 Å². The molecule has 0 spiro atoms. The normalized spacial score (nSPS) is 14.1. The van der Waals surface area contributed by atoms with Gasteiger partial charge in [-0.3, -0.25) is 4.79 Å². The molecule has 0 N–H and O–H groups in total. The second-order valence-corrected chi connectivity index (χ2v) is 7.24. The van der Waals surface area contributed by atoms with Gasteiger partial charge < -0.3 is 9.47 Å². The number of aldehydes is 1. The minimum absolute atomic E-state index is 0.142. The van der Waals surface area contributed by atoms with Crippen LogP contribution in [0.2, 0.25) is 0 Å². The summed E-state index contributed by atoms with van der Waals surface area (Å²) < 4.78 is 74.0. The summed E-state index contributed by atoms with van der Waals surface area (Å²) in [4.78, 5) is 19.8. The molecule has 136 valence electrons. The van der Waals surface area contributed by atoms with Crippen LogP contribution in [0.4, 0.5) is 19.4 Å². The van der Waals surface area contributed by atoms with E-state index in [1.807, 2.05) is 0 Å². The van der Waals surface area contributed by atoms with Gasteiger partial charge in [0.2, 0.25) is 0 Å². The maximum Gasteiger partial charge on any atom is 0.349 e. The third-order valence-electron chi connectivity index (χ3n) is 2.86. The molecule has 2 aromatic rings. The van der Waals surface area contributed by atoms with Crippen molar-refractivity contribution in [2.75, 3.05) is 6.61 Å². The van der Waals surface area contributed by atoms with Crippen molar-refractivity contribution in [3.8, 4) is 11.5 Å². The third-order valence-corrected chi connectivity index (χ3v) is 4.03. The molecule has 0 saturated heterocycles. The van der Waals surface area contributed by atoms with Gasteiger partial charge in [0, 0.05) is 5.56 Å². The molecule has 0 saturated carbocycles. The van der Waals surface area contributed by atoms with Gasteiger partial charge in [0.1, 0.15) is 16.9 Å². The van der Waals surface area contributed by atoms with Gasteiger partial charge in [0.05, 0.1) is 0 Å². The lowest BCUT2D eigenvalue weighted by molar-refractivity contribution is -0.136. The first-order valence-electron chi connectivity index (χ1n) is 6.61. The minimum Gasteiger partial charge on any atom is -0.482 e. The van der Waals surface area contributed by atoms with Crippen LogP contribution in [0.5, 0.6) is 11.5 Å². The number of rotatable bonds is 6. The van der Waals surface area contributed by atoms with Crippen molar-refractivity contribution >= 4 is 22.5 Å². The zero-order valence-corrected chi connectivity index (χ0v) is 13.2. The van der Waals surface area contributed by atoms with Gasteiger partial charge >= 0.3 is 16.2 Å². The van der Waals surface area contributed by atoms with E-state index in [0.29, 0.717) is 17.9 Å². The SMILES string of the molecule is O=Cc1ccc(OCC(=O)Oc2ccccc2S(F)(F)(F)(F)F)cc1. The molecule has 0 fully saturated rings. The molecule has 0 amide bonds. The van der Waals surface area contributed by atoms with Crippen LogP contribution < -0.4 is 9.47 Å². The maximum atomic E-state index is 12.9. The van der Waals surface area contributed by atoms with Crippen LogP contribution in [0.15, 0.2) is 53.4 Å². The number of ether oxygens (including phenoxy) is 2. The molecule has 4 nitrogen and oxygen atoms in total. The van der Waals surface area contributed by atoms with Crippen LogP contribution in [-0.4, -0.2) is 18.9 Å². The topological polar surface area (TPSA) is 52.6 Å². The number of benzene rings is 2. The predicted molar refractivity (Wildman–Crippen MR) is 80.8 cm³/mol. The van der Waals surface area contributed by atoms with E-state index < -0.39 is 33.4 Å². The summed E-state index contributed by atoms with van der Waals surface area (Å²) in [7, 11) is -10.0. The average molecular weight is 382 g/mol. The van der Waals surface area contributed by atoms with Gasteiger partial charge in [-0.2, -0.15) is 0 Å². The molecule has 0 heterocycles. The number of hydrogen-bond donors (Lipinski definition) is 0. The average Bonchev–Trinajstić information content (AvgIpc) is 2.51. The van der Waals surface area contributed by atoms with Gasteiger partial charge in [-0.05, 0) is 36.4 Å². The highest BCUT2D eigenvalue weighted by Gasteiger charge is 2.67. The highest BCUT2D eigenvalue weighted by molar-refractivity contribution is 8.45. The van der Waals surface area contributed by atoms with Gasteiger partial charge in [0.15, 0.2) is 12.4 Å². The van der Waals surface area contributed by atoms with Gasteiger partial charge in [0.25, 0.3) is 0 Å². The van der Waals surface area contributed by atoms with Gasteiger partial charge in [-0.15, -0.1) is 0 Å². The first kappa shape index (κ1) is 18.7. The smallest absolute Gasteiger partial charge is 0.349 e. The van der Waals surface area contributed by atoms with Crippen molar-refractivity contribution < 1.29 is 38.5 Å². The summed E-state index contributed by atoms with van der Waals surface area (Å²) in [6.07, 6.45) is 0.578. The Morgan fingerprint density at radius 3 is 2.12 bits per heavy atom. The second-order valence-electron chi connectivity index (χ2n) is 4.87. The lowest BCUT2D eigenvalue weighted by atomic mass is 10.2. The number of carbonyl (C=O) groups is 2. The molecule has 25 heavy (non-hydrogen) atoms. The fourth-order valence-electron chi connectivity index (χ4n) is 1.79. The molecule has 0 radical (unpaired) electrons. The lowest BCUT2D eigenvalue weighted by Crippen LogP contribution is -2.19. The van der Waals surface area contributed by atoms with Crippen LogP contribution in [0.25, 0.3) is 0 Å². The molecule has 0 aliphatic rings. The van der Waals surface area contributed by atoms with E-state index in [-0.39, 0.29) is 11.8 Å². The molecular formula is C15H11F5O4S. The Morgan fingerprint density at radius 2 is 1.56 bits per heavy atom. The van der Waals surface area contributed by atoms with Crippen molar-refractivity contribution in [3.05, 3.63) is 54.1 Å². The van der Waals surface area contributed by atoms with Crippen molar-refractivity contribution in [1.29, 1.82) is 0 Å². The number of para-hydroxylation sites is 1. The Hall–Kier alpha value is -2.62. The summed E-state index contributed by atoms with van der Waals surface area (Å²) in [5.41, 5.74) is 0.347. The molecule has 0 aliphatic carbocycles. The van der Waals surface area contributed by atoms with Gasteiger partial charge in [-0.25, -0.2) is 4.79 Å². The van der Waals surface area contributed by atoms with Crippen LogP contribution in [-0.2, 0) is 4.79 Å². The fourth-order valence-corrected chi connectivity index (χ4v) is 2.62. The van der Waals surface area contributed by atoms with Crippen LogP contribution in [0, 0.1) is 0 Å². The summed E-state index contributed by atoms with van der Waals surface area (Å²) in [5, 5.41) is 0. The Kier molecular flexibility index (Phi) is 4.29. The van der Waals surface area contributed by atoms with E-state index in [2.05, 4.69) is 4.74 Å². The quantitative estimate of drug-likeness (QED) is 0.300. The highest BCUT2D eigenvalue weighted by atomic mass is 32.5. The molecule has 0 atom stereocenters. The second kappa shape index (κ2) is 5.73. The van der Waals surface area contributed by atoms with Crippen molar-refractivity contribution in [1.82, 2.24) is 0 Å². The van der Waals surface area contributed by atoms with E-state index in [4.69, 9.17) is 4.74 Å². The first-order chi connectivity index (χ1) is 11.4. The predicted octanol–water partition coefficient (Wildman–Crippen LogP) is 5.14. The van der Waals surface area contributed by atoms with Crippen molar-refractivity contribution in [2.45, 2.75) is 4.90 Å². The monoisotopic (exact) mass is 382 g/mol. The molecule has 10 heteroatoms. The minimum atomic E-state index is -10.0. The number of carbonyl (C=O) groups excluding carboxylic acids is 2. The molecule has 0 bridgehead atoms. The Bertz CT molecular complexity index is 803. The van der Waals surface area contributed by atoms with E-state index in [9.17, 15) is 29.0 Å². The van der Waals surface area contributed by atoms with Gasteiger partial charge in [-0.1, -0.05) is 31.6 Å². The van der Waals surface area contributed by atoms with E-state index in [0.717, 1.165) is 12.1 Å². The van der Waals surface area contributed by atoms with Crippen LogP contribution in [0.1, 0.15) is 10.4 Å². The standard InChI is InChI=1S/C15H11F5O4S/c16-25(17,18,19,20)14-4-2-1-3-13(14)24-15(22)10-23-12-7-5-11(9-21)6-8-12/h1-9H,10H2. The van der Waals surface area contributed by atoms with E-state index >= 15 is 0 Å². The molecular weight excluding hydrogens is 371 g/mol. The highest BCUT2D eigenvalue weighted by Crippen LogP contribution is 3.03. The van der Waals surface area contributed by atoms with E-state index in [1.165, 1.54) is 24.3 Å². The van der Waals surface area contributed by atoms with Crippen LogP contribution >= 0.6 is 10.2 Å². The third kappa shape index (κ3) is 5.18. The summed E-state index contributed by atoms with van der Waals surface area (Å²) in [5.74, 6) is -2.45. The molecule has 0 unspecified atom stereocenters. The first-order valence-corrected chi connectivity index (χ1v) is 8.56. The Balaban J connectivity index is 2.10. The number of halogens is 5. The fraction of sp³-hybridized carbons (Fsp3) is 0.0667. The summed E-state index contributed by atoms with van der Waals surface area (Å²) in [6.45, 7) is -0.810. The Morgan fingerprint density at radius 1 is 0.960 bits per heavy atom. The summed E-state index contributed by atoms with van der Waals surface area (Å²) in [6, 6.07) is 8.00. The molecule has 2 rings (SSSR count). The zero-order chi connectivity index (χ0) is 18.8. The molecule has 2 aromatic carbocycles. The maximum absolute atomic E-state index is 12.9. The van der Waals surface area contributed by atoms with E-state index in [1.54, 1.807) is 0 Å². The van der Waals surface area contributed by atoms with Crippen LogP contribution in [0.3, 0.4) is 0 Å². The largest absolute Gasteiger partial charge is 0.482 e. The molecule has 0 aliphatic heterocycles. The lowest BCUT2D eigenvalue weighted by Gasteiger charge is -2.41. The number of esters is 1. The zero-order valence-electron chi connectivity index (χ0n) is 12.3. The number of hydrogen-bond acceptors (Lipinski definition) is 4. The summed E-state index contributed by atoms with van der Waals surface area (Å²) >= 11 is 0. The Labute approximate surface area is 138 Å².